The number of ketones is 1. The van der Waals surface area contributed by atoms with Crippen LogP contribution in [0.5, 0.6) is 0 Å². The minimum absolute atomic E-state index is 0.0553. The molecule has 0 bridgehead atoms. The van der Waals surface area contributed by atoms with Crippen LogP contribution in [0.4, 0.5) is 0 Å². The van der Waals surface area contributed by atoms with E-state index in [2.05, 4.69) is 0 Å². The van der Waals surface area contributed by atoms with Gasteiger partial charge in [-0.25, -0.2) is 0 Å². The summed E-state index contributed by atoms with van der Waals surface area (Å²) >= 11 is 6.03. The van der Waals surface area contributed by atoms with Crippen LogP contribution >= 0.6 is 11.6 Å². The van der Waals surface area contributed by atoms with E-state index in [4.69, 9.17) is 11.6 Å². The predicted molar refractivity (Wildman–Crippen MR) is 48.7 cm³/mol. The number of rotatable bonds is 0. The molecule has 2 heteroatoms. The van der Waals surface area contributed by atoms with Gasteiger partial charge in [-0.15, -0.1) is 11.6 Å². The molecule has 0 fully saturated rings. The molecule has 2 rings (SSSR count). The Kier molecular flexibility index (Phi) is 1.52. The second-order valence-electron chi connectivity index (χ2n) is 3.36. The fourth-order valence-corrected chi connectivity index (χ4v) is 1.86. The summed E-state index contributed by atoms with van der Waals surface area (Å²) < 4.78 is 0. The van der Waals surface area contributed by atoms with Crippen LogP contribution in [0.2, 0.25) is 0 Å². The van der Waals surface area contributed by atoms with Crippen LogP contribution in [0.1, 0.15) is 22.8 Å². The Morgan fingerprint density at radius 2 is 2.08 bits per heavy atom. The summed E-state index contributed by atoms with van der Waals surface area (Å²) in [4.78, 5) is 10.9. The van der Waals surface area contributed by atoms with E-state index in [0.717, 1.165) is 11.1 Å². The van der Waals surface area contributed by atoms with Crippen molar-refractivity contribution in [1.29, 1.82) is 0 Å². The van der Waals surface area contributed by atoms with Crippen molar-refractivity contribution in [2.75, 3.05) is 0 Å². The molecule has 1 aromatic carbocycles. The Balaban J connectivity index is 2.57. The molecule has 0 saturated heterocycles. The lowest BCUT2D eigenvalue weighted by Crippen LogP contribution is -2.23. The first-order valence-electron chi connectivity index (χ1n) is 3.93. The van der Waals surface area contributed by atoms with Gasteiger partial charge in [0.25, 0.3) is 0 Å². The molecule has 0 heterocycles. The molecule has 1 nitrogen and oxygen atoms in total. The van der Waals surface area contributed by atoms with Crippen LogP contribution in [-0.2, 0) is 6.42 Å². The maximum Gasteiger partial charge on any atom is 0.184 e. The summed E-state index contributed by atoms with van der Waals surface area (Å²) in [5.41, 5.74) is 1.86. The normalized spacial score (nSPS) is 27.3. The van der Waals surface area contributed by atoms with E-state index >= 15 is 0 Å². The van der Waals surface area contributed by atoms with Crippen LogP contribution in [-0.4, -0.2) is 10.7 Å². The Labute approximate surface area is 76.4 Å². The molecule has 0 N–H and O–H groups in total. The zero-order valence-corrected chi connectivity index (χ0v) is 7.56. The number of carbonyl (C=O) groups is 1. The summed E-state index contributed by atoms with van der Waals surface area (Å²) in [6.45, 7) is 1.77. The van der Waals surface area contributed by atoms with Gasteiger partial charge in [0, 0.05) is 5.56 Å². The standard InChI is InChI=1S/C10H9ClO/c1-10(11)6-7-4-2-3-5-8(7)9(10)12/h2-5H,6H2,1H3. The molecule has 1 aliphatic rings. The average Bonchev–Trinajstić information content (AvgIpc) is 2.24. The van der Waals surface area contributed by atoms with Crippen molar-refractivity contribution in [1.82, 2.24) is 0 Å². The molecule has 0 amide bonds. The first kappa shape index (κ1) is 7.81. The molecule has 1 aromatic rings. The number of hydrogen-bond donors (Lipinski definition) is 0. The molecule has 1 aliphatic carbocycles. The zero-order valence-electron chi connectivity index (χ0n) is 6.80. The third-order valence-electron chi connectivity index (χ3n) is 2.26. The second-order valence-corrected chi connectivity index (χ2v) is 4.19. The quantitative estimate of drug-likeness (QED) is 0.561. The van der Waals surface area contributed by atoms with Gasteiger partial charge in [0.1, 0.15) is 4.87 Å². The highest BCUT2D eigenvalue weighted by Crippen LogP contribution is 2.34. The van der Waals surface area contributed by atoms with Gasteiger partial charge in [-0.2, -0.15) is 0 Å². The zero-order chi connectivity index (χ0) is 8.77. The lowest BCUT2D eigenvalue weighted by molar-refractivity contribution is 0.0961. The largest absolute Gasteiger partial charge is 0.292 e. The number of carbonyl (C=O) groups excluding carboxylic acids is 1. The van der Waals surface area contributed by atoms with Crippen molar-refractivity contribution in [3.8, 4) is 0 Å². The molecule has 1 atom stereocenters. The summed E-state index contributed by atoms with van der Waals surface area (Å²) in [7, 11) is 0. The van der Waals surface area contributed by atoms with Gasteiger partial charge < -0.3 is 0 Å². The van der Waals surface area contributed by atoms with E-state index in [1.807, 2.05) is 24.3 Å². The van der Waals surface area contributed by atoms with E-state index in [9.17, 15) is 4.79 Å². The monoisotopic (exact) mass is 180 g/mol. The minimum atomic E-state index is -0.705. The molecule has 0 aromatic heterocycles. The SMILES string of the molecule is CC1(Cl)Cc2ccccc2C1=O. The summed E-state index contributed by atoms with van der Waals surface area (Å²) in [5.74, 6) is 0.0553. The second kappa shape index (κ2) is 2.33. The molecule has 12 heavy (non-hydrogen) atoms. The smallest absolute Gasteiger partial charge is 0.184 e. The highest BCUT2D eigenvalue weighted by molar-refractivity contribution is 6.39. The topological polar surface area (TPSA) is 17.1 Å². The van der Waals surface area contributed by atoms with Crippen LogP contribution in [0.15, 0.2) is 24.3 Å². The number of halogens is 1. The van der Waals surface area contributed by atoms with Crippen molar-refractivity contribution >= 4 is 17.4 Å². The van der Waals surface area contributed by atoms with Crippen LogP contribution in [0, 0.1) is 0 Å². The van der Waals surface area contributed by atoms with Crippen LogP contribution in [0.3, 0.4) is 0 Å². The van der Waals surface area contributed by atoms with Crippen LogP contribution in [0.25, 0.3) is 0 Å². The van der Waals surface area contributed by atoms with E-state index in [0.29, 0.717) is 6.42 Å². The molecular formula is C10H9ClO. The van der Waals surface area contributed by atoms with Gasteiger partial charge in [0.2, 0.25) is 0 Å². The highest BCUT2D eigenvalue weighted by Gasteiger charge is 2.39. The number of hydrogen-bond acceptors (Lipinski definition) is 1. The third kappa shape index (κ3) is 0.969. The van der Waals surface area contributed by atoms with E-state index in [1.165, 1.54) is 0 Å². The van der Waals surface area contributed by atoms with Gasteiger partial charge in [-0.05, 0) is 18.9 Å². The number of fused-ring (bicyclic) bond motifs is 1. The third-order valence-corrected chi connectivity index (χ3v) is 2.56. The number of benzene rings is 1. The number of Topliss-reactive ketones (excluding diaryl/α,β-unsaturated/α-hetero) is 1. The van der Waals surface area contributed by atoms with Gasteiger partial charge in [-0.3, -0.25) is 4.79 Å². The van der Waals surface area contributed by atoms with Crippen LogP contribution < -0.4 is 0 Å². The first-order valence-corrected chi connectivity index (χ1v) is 4.31. The Morgan fingerprint density at radius 1 is 1.42 bits per heavy atom. The first-order chi connectivity index (χ1) is 5.61. The summed E-state index contributed by atoms with van der Waals surface area (Å²) in [5, 5.41) is 0. The van der Waals surface area contributed by atoms with Crippen molar-refractivity contribution in [2.45, 2.75) is 18.2 Å². The van der Waals surface area contributed by atoms with E-state index < -0.39 is 4.87 Å². The summed E-state index contributed by atoms with van der Waals surface area (Å²) in [6, 6.07) is 7.60. The molecule has 0 aliphatic heterocycles. The van der Waals surface area contributed by atoms with Gasteiger partial charge in [-0.1, -0.05) is 24.3 Å². The van der Waals surface area contributed by atoms with Crippen molar-refractivity contribution in [2.24, 2.45) is 0 Å². The fraction of sp³-hybridized carbons (Fsp3) is 0.300. The van der Waals surface area contributed by atoms with E-state index in [1.54, 1.807) is 6.92 Å². The predicted octanol–water partition coefficient (Wildman–Crippen LogP) is 2.42. The Morgan fingerprint density at radius 3 is 2.75 bits per heavy atom. The van der Waals surface area contributed by atoms with Crippen molar-refractivity contribution in [3.05, 3.63) is 35.4 Å². The lowest BCUT2D eigenvalue weighted by atomic mass is 10.1. The number of alkyl halides is 1. The lowest BCUT2D eigenvalue weighted by Gasteiger charge is -2.09. The fourth-order valence-electron chi connectivity index (χ4n) is 1.61. The van der Waals surface area contributed by atoms with Crippen molar-refractivity contribution in [3.63, 3.8) is 0 Å². The Hall–Kier alpha value is -0.820. The van der Waals surface area contributed by atoms with Gasteiger partial charge in [0.15, 0.2) is 5.78 Å². The molecule has 1 unspecified atom stereocenters. The molecule has 0 radical (unpaired) electrons. The van der Waals surface area contributed by atoms with Crippen molar-refractivity contribution < 1.29 is 4.79 Å². The highest BCUT2D eigenvalue weighted by atomic mass is 35.5. The molecule has 62 valence electrons. The maximum absolute atomic E-state index is 11.6. The summed E-state index contributed by atoms with van der Waals surface area (Å²) in [6.07, 6.45) is 0.656. The average molecular weight is 181 g/mol. The maximum atomic E-state index is 11.6. The Bertz CT molecular complexity index is 341. The molecule has 0 spiro atoms. The van der Waals surface area contributed by atoms with Gasteiger partial charge >= 0.3 is 0 Å². The van der Waals surface area contributed by atoms with E-state index in [-0.39, 0.29) is 5.78 Å². The van der Waals surface area contributed by atoms with Gasteiger partial charge in [0.05, 0.1) is 0 Å². The molecular weight excluding hydrogens is 172 g/mol. The minimum Gasteiger partial charge on any atom is -0.292 e. The molecule has 0 saturated carbocycles.